The molecule has 0 aliphatic heterocycles. The van der Waals surface area contributed by atoms with Crippen LogP contribution in [0.1, 0.15) is 102 Å². The maximum absolute atomic E-state index is 12.5. The SMILES string of the molecule is [B]C(C)(CC(C)C)OCC(C)(C)NC(=O)CCC(C)(C)OCCC(C)(C)C(C)C. The molecule has 0 aliphatic carbocycles. The third-order valence-electron chi connectivity index (χ3n) is 5.81. The Morgan fingerprint density at radius 3 is 1.97 bits per heavy atom. The zero-order valence-corrected chi connectivity index (χ0v) is 21.2. The molecule has 0 aromatic carbocycles. The number of hydrogen-bond donors (Lipinski definition) is 1. The second kappa shape index (κ2) is 11.2. The molecule has 5 heteroatoms. The third-order valence-corrected chi connectivity index (χ3v) is 5.81. The molecule has 1 amide bonds. The number of nitrogens with one attached hydrogen (secondary N) is 1. The predicted octanol–water partition coefficient (Wildman–Crippen LogP) is 5.48. The second-order valence-corrected chi connectivity index (χ2v) is 11.6. The molecule has 170 valence electrons. The zero-order chi connectivity index (χ0) is 23.1. The average molecular weight is 409 g/mol. The van der Waals surface area contributed by atoms with E-state index in [1.807, 2.05) is 20.8 Å². The van der Waals surface area contributed by atoms with Crippen LogP contribution in [-0.4, -0.2) is 43.6 Å². The van der Waals surface area contributed by atoms with Crippen LogP contribution in [0.3, 0.4) is 0 Å². The third kappa shape index (κ3) is 13.4. The van der Waals surface area contributed by atoms with Crippen molar-refractivity contribution in [3.8, 4) is 0 Å². The molecule has 0 aliphatic rings. The largest absolute Gasteiger partial charge is 0.383 e. The molecule has 1 N–H and O–H groups in total. The minimum absolute atomic E-state index is 0.0142. The number of amides is 1. The van der Waals surface area contributed by atoms with E-state index in [1.54, 1.807) is 0 Å². The number of carbonyl (C=O) groups excluding carboxylic acids is 1. The highest BCUT2D eigenvalue weighted by molar-refractivity contribution is 6.14. The van der Waals surface area contributed by atoms with Gasteiger partial charge in [0.2, 0.25) is 5.91 Å². The van der Waals surface area contributed by atoms with Crippen molar-refractivity contribution in [3.05, 3.63) is 0 Å². The Morgan fingerprint density at radius 1 is 0.931 bits per heavy atom. The fourth-order valence-electron chi connectivity index (χ4n) is 3.06. The molecule has 1 atom stereocenters. The minimum Gasteiger partial charge on any atom is -0.383 e. The monoisotopic (exact) mass is 409 g/mol. The van der Waals surface area contributed by atoms with Gasteiger partial charge in [0.25, 0.3) is 0 Å². The minimum atomic E-state index is -0.685. The Hall–Kier alpha value is -0.545. The molecular weight excluding hydrogens is 361 g/mol. The molecular formula is C24H48BNO3. The van der Waals surface area contributed by atoms with Gasteiger partial charge in [0.15, 0.2) is 0 Å². The van der Waals surface area contributed by atoms with Gasteiger partial charge in [-0.1, -0.05) is 41.5 Å². The average Bonchev–Trinajstić information content (AvgIpc) is 2.49. The molecule has 0 saturated carbocycles. The molecule has 0 saturated heterocycles. The van der Waals surface area contributed by atoms with Crippen molar-refractivity contribution in [2.45, 2.75) is 118 Å². The van der Waals surface area contributed by atoms with Gasteiger partial charge < -0.3 is 14.8 Å². The van der Waals surface area contributed by atoms with E-state index < -0.39 is 11.0 Å². The van der Waals surface area contributed by atoms with E-state index in [2.05, 4.69) is 60.7 Å². The number of rotatable bonds is 14. The van der Waals surface area contributed by atoms with Crippen molar-refractivity contribution < 1.29 is 14.3 Å². The Kier molecular flexibility index (Phi) is 11.0. The first-order chi connectivity index (χ1) is 12.9. The maximum atomic E-state index is 12.5. The van der Waals surface area contributed by atoms with E-state index in [0.717, 1.165) is 12.8 Å². The molecule has 1 unspecified atom stereocenters. The quantitative estimate of drug-likeness (QED) is 0.387. The van der Waals surface area contributed by atoms with Crippen molar-refractivity contribution in [1.82, 2.24) is 5.32 Å². The van der Waals surface area contributed by atoms with Gasteiger partial charge >= 0.3 is 0 Å². The van der Waals surface area contributed by atoms with Gasteiger partial charge in [0, 0.05) is 18.5 Å². The van der Waals surface area contributed by atoms with Crippen molar-refractivity contribution in [2.24, 2.45) is 17.3 Å². The van der Waals surface area contributed by atoms with E-state index in [9.17, 15) is 4.79 Å². The van der Waals surface area contributed by atoms with E-state index in [4.69, 9.17) is 17.3 Å². The van der Waals surface area contributed by atoms with E-state index in [0.29, 0.717) is 37.9 Å². The molecule has 4 nitrogen and oxygen atoms in total. The van der Waals surface area contributed by atoms with Crippen molar-refractivity contribution in [3.63, 3.8) is 0 Å². The van der Waals surface area contributed by atoms with Gasteiger partial charge in [-0.15, -0.1) is 0 Å². The first-order valence-corrected chi connectivity index (χ1v) is 11.3. The lowest BCUT2D eigenvalue weighted by atomic mass is 9.77. The molecule has 0 aromatic heterocycles. The van der Waals surface area contributed by atoms with E-state index >= 15 is 0 Å². The summed E-state index contributed by atoms with van der Waals surface area (Å²) in [6, 6.07) is 0. The van der Waals surface area contributed by atoms with Gasteiger partial charge in [-0.05, 0) is 71.1 Å². The first-order valence-electron chi connectivity index (χ1n) is 11.3. The molecule has 0 heterocycles. The number of ether oxygens (including phenoxy) is 2. The summed E-state index contributed by atoms with van der Waals surface area (Å²) in [7, 11) is 6.22. The summed E-state index contributed by atoms with van der Waals surface area (Å²) in [4.78, 5) is 12.5. The summed E-state index contributed by atoms with van der Waals surface area (Å²) >= 11 is 0. The predicted molar refractivity (Wildman–Crippen MR) is 124 cm³/mol. The Balaban J connectivity index is 4.40. The maximum Gasteiger partial charge on any atom is 0.220 e. The highest BCUT2D eigenvalue weighted by Crippen LogP contribution is 2.31. The topological polar surface area (TPSA) is 47.6 Å². The Labute approximate surface area is 182 Å². The van der Waals surface area contributed by atoms with E-state index in [1.165, 1.54) is 0 Å². The summed E-state index contributed by atoms with van der Waals surface area (Å²) in [5, 5.41) is 3.07. The highest BCUT2D eigenvalue weighted by Gasteiger charge is 2.28. The summed E-state index contributed by atoms with van der Waals surface area (Å²) in [5.74, 6) is 1.08. The van der Waals surface area contributed by atoms with Crippen LogP contribution in [-0.2, 0) is 14.3 Å². The molecule has 0 aromatic rings. The lowest BCUT2D eigenvalue weighted by Crippen LogP contribution is -2.49. The molecule has 0 fully saturated rings. The van der Waals surface area contributed by atoms with Gasteiger partial charge in [0.05, 0.1) is 17.7 Å². The lowest BCUT2D eigenvalue weighted by Gasteiger charge is -2.34. The van der Waals surface area contributed by atoms with Crippen LogP contribution in [0.15, 0.2) is 0 Å². The van der Waals surface area contributed by atoms with Crippen LogP contribution in [0.25, 0.3) is 0 Å². The zero-order valence-electron chi connectivity index (χ0n) is 21.2. The van der Waals surface area contributed by atoms with Gasteiger partial charge in [-0.3, -0.25) is 4.79 Å². The number of carbonyl (C=O) groups is 1. The second-order valence-electron chi connectivity index (χ2n) is 11.6. The van der Waals surface area contributed by atoms with Gasteiger partial charge in [-0.2, -0.15) is 0 Å². The van der Waals surface area contributed by atoms with Crippen molar-refractivity contribution in [2.75, 3.05) is 13.2 Å². The molecule has 29 heavy (non-hydrogen) atoms. The summed E-state index contributed by atoms with van der Waals surface area (Å²) in [6.07, 6.45) is 2.89. The molecule has 0 spiro atoms. The Morgan fingerprint density at radius 2 is 1.48 bits per heavy atom. The smallest absolute Gasteiger partial charge is 0.220 e. The van der Waals surface area contributed by atoms with E-state index in [-0.39, 0.29) is 16.9 Å². The number of hydrogen-bond acceptors (Lipinski definition) is 3. The van der Waals surface area contributed by atoms with Crippen molar-refractivity contribution >= 4 is 13.8 Å². The first kappa shape index (κ1) is 28.5. The van der Waals surface area contributed by atoms with Crippen LogP contribution in [0.4, 0.5) is 0 Å². The highest BCUT2D eigenvalue weighted by atomic mass is 16.5. The van der Waals surface area contributed by atoms with Crippen LogP contribution in [0.2, 0.25) is 0 Å². The standard InChI is InChI=1S/C24H48BNO3/c1-18(2)16-24(11,25)29-17-22(7,8)26-20(27)12-13-23(9,10)28-15-14-21(5,6)19(3)4/h18-19H,12-17H2,1-11H3,(H,26,27). The summed E-state index contributed by atoms with van der Waals surface area (Å²) in [5.41, 5.74) is -1.22. The van der Waals surface area contributed by atoms with Crippen LogP contribution in [0.5, 0.6) is 0 Å². The lowest BCUT2D eigenvalue weighted by molar-refractivity contribution is -0.126. The van der Waals surface area contributed by atoms with Crippen molar-refractivity contribution in [1.29, 1.82) is 0 Å². The van der Waals surface area contributed by atoms with Crippen LogP contribution < -0.4 is 5.32 Å². The Bertz CT molecular complexity index is 496. The molecule has 0 bridgehead atoms. The molecule has 0 rings (SSSR count). The summed E-state index contributed by atoms with van der Waals surface area (Å²) in [6.45, 7) is 24.3. The normalized spacial score (nSPS) is 15.6. The van der Waals surface area contributed by atoms with Gasteiger partial charge in [-0.25, -0.2) is 0 Å². The fraction of sp³-hybridized carbons (Fsp3) is 0.958. The molecule has 2 radical (unpaired) electrons. The fourth-order valence-corrected chi connectivity index (χ4v) is 3.06. The van der Waals surface area contributed by atoms with Crippen LogP contribution >= 0.6 is 0 Å². The van der Waals surface area contributed by atoms with Gasteiger partial charge in [0.1, 0.15) is 7.85 Å². The summed E-state index contributed by atoms with van der Waals surface area (Å²) < 4.78 is 12.0. The van der Waals surface area contributed by atoms with Crippen LogP contribution in [0, 0.1) is 17.3 Å².